The van der Waals surface area contributed by atoms with E-state index in [0.717, 1.165) is 30.9 Å². The minimum Gasteiger partial charge on any atom is -0.491 e. The first-order chi connectivity index (χ1) is 9.78. The predicted molar refractivity (Wildman–Crippen MR) is 78.1 cm³/mol. The minimum absolute atomic E-state index is 0.00683. The summed E-state index contributed by atoms with van der Waals surface area (Å²) in [5.74, 6) is 0.807. The van der Waals surface area contributed by atoms with Gasteiger partial charge in [0.05, 0.1) is 6.10 Å². The Labute approximate surface area is 119 Å². The van der Waals surface area contributed by atoms with Crippen LogP contribution in [-0.4, -0.2) is 38.8 Å². The van der Waals surface area contributed by atoms with Gasteiger partial charge < -0.3 is 20.1 Å². The largest absolute Gasteiger partial charge is 0.491 e. The Morgan fingerprint density at radius 1 is 1.40 bits per heavy atom. The molecule has 1 amide bonds. The van der Waals surface area contributed by atoms with Gasteiger partial charge in [-0.15, -0.1) is 0 Å². The van der Waals surface area contributed by atoms with Gasteiger partial charge in [-0.25, -0.2) is 0 Å². The Morgan fingerprint density at radius 2 is 2.20 bits per heavy atom. The third-order valence-corrected chi connectivity index (χ3v) is 3.20. The maximum absolute atomic E-state index is 11.6. The van der Waals surface area contributed by atoms with Crippen LogP contribution < -0.4 is 15.4 Å². The second-order valence-electron chi connectivity index (χ2n) is 4.87. The maximum Gasteiger partial charge on any atom is 0.225 e. The van der Waals surface area contributed by atoms with Crippen LogP contribution in [0.1, 0.15) is 19.3 Å². The first-order valence-corrected chi connectivity index (χ1v) is 7.07. The molecule has 5 nitrogen and oxygen atoms in total. The molecule has 2 rings (SSSR count). The predicted octanol–water partition coefficient (Wildman–Crippen LogP) is 1.79. The van der Waals surface area contributed by atoms with Gasteiger partial charge in [-0.1, -0.05) is 0 Å². The highest BCUT2D eigenvalue weighted by Gasteiger charge is 2.15. The van der Waals surface area contributed by atoms with E-state index in [-0.39, 0.29) is 12.0 Å². The number of carbonyl (C=O) groups is 1. The van der Waals surface area contributed by atoms with Crippen molar-refractivity contribution in [3.63, 3.8) is 0 Å². The van der Waals surface area contributed by atoms with Crippen molar-refractivity contribution in [2.24, 2.45) is 0 Å². The average molecular weight is 278 g/mol. The normalized spacial score (nSPS) is 17.9. The monoisotopic (exact) mass is 278 g/mol. The molecule has 0 aromatic heterocycles. The summed E-state index contributed by atoms with van der Waals surface area (Å²) in [5.41, 5.74) is 0.788. The van der Waals surface area contributed by atoms with Crippen LogP contribution in [0.15, 0.2) is 24.3 Å². The Hall–Kier alpha value is -1.59. The van der Waals surface area contributed by atoms with E-state index in [1.54, 1.807) is 0 Å². The van der Waals surface area contributed by atoms with Gasteiger partial charge in [-0.05, 0) is 44.2 Å². The molecule has 5 heteroatoms. The zero-order valence-electron chi connectivity index (χ0n) is 11.9. The molecule has 1 aliphatic heterocycles. The fourth-order valence-electron chi connectivity index (χ4n) is 2.06. The summed E-state index contributed by atoms with van der Waals surface area (Å²) in [5, 5.41) is 5.79. The van der Waals surface area contributed by atoms with Crippen molar-refractivity contribution in [3.8, 4) is 5.75 Å². The molecule has 0 bridgehead atoms. The van der Waals surface area contributed by atoms with Crippen molar-refractivity contribution in [3.05, 3.63) is 24.3 Å². The van der Waals surface area contributed by atoms with Crippen molar-refractivity contribution < 1.29 is 14.3 Å². The molecule has 1 aliphatic rings. The van der Waals surface area contributed by atoms with E-state index in [1.165, 1.54) is 0 Å². The summed E-state index contributed by atoms with van der Waals surface area (Å²) in [6, 6.07) is 7.43. The number of rotatable bonds is 7. The Bertz CT molecular complexity index is 414. The summed E-state index contributed by atoms with van der Waals surface area (Å²) in [6.45, 7) is 2.11. The number of benzene rings is 1. The molecule has 0 aliphatic carbocycles. The van der Waals surface area contributed by atoms with Gasteiger partial charge in [0, 0.05) is 25.3 Å². The quantitative estimate of drug-likeness (QED) is 0.798. The van der Waals surface area contributed by atoms with Crippen LogP contribution in [0.25, 0.3) is 0 Å². The van der Waals surface area contributed by atoms with Crippen molar-refractivity contribution in [1.82, 2.24) is 5.32 Å². The average Bonchev–Trinajstić information content (AvgIpc) is 2.98. The van der Waals surface area contributed by atoms with E-state index < -0.39 is 0 Å². The Balaban J connectivity index is 1.75. The van der Waals surface area contributed by atoms with Gasteiger partial charge in [0.25, 0.3) is 0 Å². The van der Waals surface area contributed by atoms with Gasteiger partial charge >= 0.3 is 0 Å². The van der Waals surface area contributed by atoms with Crippen molar-refractivity contribution in [2.45, 2.75) is 25.4 Å². The fraction of sp³-hybridized carbons (Fsp3) is 0.533. The molecule has 0 saturated carbocycles. The van der Waals surface area contributed by atoms with Crippen LogP contribution in [0.5, 0.6) is 5.75 Å². The third kappa shape index (κ3) is 4.83. The molecule has 1 heterocycles. The Morgan fingerprint density at radius 3 is 2.85 bits per heavy atom. The first kappa shape index (κ1) is 14.8. The Kier molecular flexibility index (Phi) is 5.83. The van der Waals surface area contributed by atoms with E-state index in [0.29, 0.717) is 19.6 Å². The molecule has 1 saturated heterocycles. The first-order valence-electron chi connectivity index (χ1n) is 7.07. The summed E-state index contributed by atoms with van der Waals surface area (Å²) < 4.78 is 11.2. The molecule has 20 heavy (non-hydrogen) atoms. The van der Waals surface area contributed by atoms with Crippen LogP contribution in [0, 0.1) is 0 Å². The van der Waals surface area contributed by atoms with Gasteiger partial charge in [-0.2, -0.15) is 0 Å². The molecule has 2 N–H and O–H groups in total. The van der Waals surface area contributed by atoms with Crippen LogP contribution in [0.2, 0.25) is 0 Å². The van der Waals surface area contributed by atoms with E-state index in [9.17, 15) is 4.79 Å². The number of ether oxygens (including phenoxy) is 2. The molecule has 1 unspecified atom stereocenters. The lowest BCUT2D eigenvalue weighted by Gasteiger charge is -2.12. The summed E-state index contributed by atoms with van der Waals surface area (Å²) in [4.78, 5) is 11.6. The van der Waals surface area contributed by atoms with Crippen LogP contribution in [0.3, 0.4) is 0 Å². The second-order valence-corrected chi connectivity index (χ2v) is 4.87. The van der Waals surface area contributed by atoms with Gasteiger partial charge in [-0.3, -0.25) is 4.79 Å². The molecule has 0 radical (unpaired) electrons. The van der Waals surface area contributed by atoms with Crippen LogP contribution in [-0.2, 0) is 9.53 Å². The lowest BCUT2D eigenvalue weighted by atomic mass is 10.2. The number of amides is 1. The maximum atomic E-state index is 11.6. The van der Waals surface area contributed by atoms with Gasteiger partial charge in [0.2, 0.25) is 5.91 Å². The van der Waals surface area contributed by atoms with Crippen LogP contribution in [0.4, 0.5) is 5.69 Å². The number of hydrogen-bond donors (Lipinski definition) is 2. The topological polar surface area (TPSA) is 59.6 Å². The number of nitrogens with one attached hydrogen (secondary N) is 2. The van der Waals surface area contributed by atoms with Crippen molar-refractivity contribution >= 4 is 11.6 Å². The van der Waals surface area contributed by atoms with E-state index in [1.807, 2.05) is 31.3 Å². The second kappa shape index (κ2) is 7.87. The van der Waals surface area contributed by atoms with E-state index in [2.05, 4.69) is 10.6 Å². The fourth-order valence-corrected chi connectivity index (χ4v) is 2.06. The van der Waals surface area contributed by atoms with Gasteiger partial charge in [0.1, 0.15) is 12.4 Å². The summed E-state index contributed by atoms with van der Waals surface area (Å²) >= 11 is 0. The molecule has 0 spiro atoms. The highest BCUT2D eigenvalue weighted by atomic mass is 16.5. The summed E-state index contributed by atoms with van der Waals surface area (Å²) in [7, 11) is 1.83. The molecule has 1 aromatic carbocycles. The molecule has 110 valence electrons. The third-order valence-electron chi connectivity index (χ3n) is 3.20. The van der Waals surface area contributed by atoms with Crippen molar-refractivity contribution in [1.29, 1.82) is 0 Å². The SMILES string of the molecule is CNCCC(=O)Nc1ccc(OCC2CCCO2)cc1. The zero-order valence-corrected chi connectivity index (χ0v) is 11.9. The number of carbonyl (C=O) groups excluding carboxylic acids is 1. The lowest BCUT2D eigenvalue weighted by molar-refractivity contribution is -0.116. The standard InChI is InChI=1S/C15H22N2O3/c1-16-9-8-15(18)17-12-4-6-13(7-5-12)20-11-14-3-2-10-19-14/h4-7,14,16H,2-3,8-11H2,1H3,(H,17,18). The minimum atomic E-state index is 0.00683. The smallest absolute Gasteiger partial charge is 0.225 e. The summed E-state index contributed by atoms with van der Waals surface area (Å²) in [6.07, 6.45) is 2.87. The highest BCUT2D eigenvalue weighted by molar-refractivity contribution is 5.90. The van der Waals surface area contributed by atoms with Gasteiger partial charge in [0.15, 0.2) is 0 Å². The van der Waals surface area contributed by atoms with Crippen molar-refractivity contribution in [2.75, 3.05) is 32.1 Å². The number of anilines is 1. The van der Waals surface area contributed by atoms with Crippen LogP contribution >= 0.6 is 0 Å². The molecular weight excluding hydrogens is 256 g/mol. The highest BCUT2D eigenvalue weighted by Crippen LogP contribution is 2.18. The van der Waals surface area contributed by atoms with E-state index >= 15 is 0 Å². The molecule has 1 aromatic rings. The lowest BCUT2D eigenvalue weighted by Crippen LogP contribution is -2.18. The number of hydrogen-bond acceptors (Lipinski definition) is 4. The van der Waals surface area contributed by atoms with E-state index in [4.69, 9.17) is 9.47 Å². The molecule has 1 fully saturated rings. The molecular formula is C15H22N2O3. The zero-order chi connectivity index (χ0) is 14.2. The molecule has 1 atom stereocenters.